The third-order valence-electron chi connectivity index (χ3n) is 5.35. The Labute approximate surface area is 111 Å². The lowest BCUT2D eigenvalue weighted by molar-refractivity contribution is -0.154. The standard InChI is InChI=1S/C15H27NO2/c1-4-15(14(17)18)6-5-7-16(10-15)13-8-12(9-13)11(2)3/h11-13H,4-10H2,1-3H3,(H,17,18). The molecule has 2 fully saturated rings. The van der Waals surface area contributed by atoms with E-state index in [4.69, 9.17) is 0 Å². The summed E-state index contributed by atoms with van der Waals surface area (Å²) in [5, 5.41) is 9.49. The Bertz CT molecular complexity index is 310. The van der Waals surface area contributed by atoms with E-state index in [2.05, 4.69) is 18.7 Å². The van der Waals surface area contributed by atoms with Gasteiger partial charge in [0, 0.05) is 12.6 Å². The highest BCUT2D eigenvalue weighted by molar-refractivity contribution is 5.75. The fourth-order valence-corrected chi connectivity index (χ4v) is 3.57. The average Bonchev–Trinajstić information content (AvgIpc) is 2.26. The third kappa shape index (κ3) is 2.42. The van der Waals surface area contributed by atoms with Crippen molar-refractivity contribution in [1.82, 2.24) is 4.90 Å². The molecule has 104 valence electrons. The topological polar surface area (TPSA) is 40.5 Å². The van der Waals surface area contributed by atoms with Gasteiger partial charge in [0.1, 0.15) is 0 Å². The average molecular weight is 253 g/mol. The summed E-state index contributed by atoms with van der Waals surface area (Å²) in [7, 11) is 0. The third-order valence-corrected chi connectivity index (χ3v) is 5.35. The highest BCUT2D eigenvalue weighted by Gasteiger charge is 2.45. The molecule has 0 amide bonds. The minimum atomic E-state index is -0.588. The van der Waals surface area contributed by atoms with Crippen molar-refractivity contribution >= 4 is 5.97 Å². The molecular formula is C15H27NO2. The fraction of sp³-hybridized carbons (Fsp3) is 0.933. The maximum atomic E-state index is 11.5. The van der Waals surface area contributed by atoms with E-state index >= 15 is 0 Å². The van der Waals surface area contributed by atoms with Crippen molar-refractivity contribution in [3.63, 3.8) is 0 Å². The number of carboxylic acids is 1. The first-order valence-electron chi connectivity index (χ1n) is 7.46. The number of piperidine rings is 1. The van der Waals surface area contributed by atoms with Crippen molar-refractivity contribution in [3.8, 4) is 0 Å². The second kappa shape index (κ2) is 5.20. The fourth-order valence-electron chi connectivity index (χ4n) is 3.57. The summed E-state index contributed by atoms with van der Waals surface area (Å²) in [6, 6.07) is 0.656. The monoisotopic (exact) mass is 253 g/mol. The quantitative estimate of drug-likeness (QED) is 0.837. The summed E-state index contributed by atoms with van der Waals surface area (Å²) in [4.78, 5) is 14.0. The Morgan fingerprint density at radius 1 is 1.44 bits per heavy atom. The first-order chi connectivity index (χ1) is 8.48. The maximum absolute atomic E-state index is 11.5. The van der Waals surface area contributed by atoms with Gasteiger partial charge in [0.05, 0.1) is 5.41 Å². The van der Waals surface area contributed by atoms with Crippen LogP contribution in [0, 0.1) is 17.3 Å². The van der Waals surface area contributed by atoms with Gasteiger partial charge >= 0.3 is 5.97 Å². The molecule has 1 heterocycles. The van der Waals surface area contributed by atoms with Crippen molar-refractivity contribution in [2.45, 2.75) is 58.9 Å². The van der Waals surface area contributed by atoms with Crippen molar-refractivity contribution in [3.05, 3.63) is 0 Å². The van der Waals surface area contributed by atoms with E-state index in [9.17, 15) is 9.90 Å². The highest BCUT2D eigenvalue weighted by Crippen LogP contribution is 2.41. The SMILES string of the molecule is CCC1(C(=O)O)CCCN(C2CC(C(C)C)C2)C1. The van der Waals surface area contributed by atoms with Gasteiger partial charge in [-0.25, -0.2) is 0 Å². The molecule has 1 aliphatic heterocycles. The van der Waals surface area contributed by atoms with Crippen LogP contribution in [0.1, 0.15) is 52.9 Å². The van der Waals surface area contributed by atoms with Crippen LogP contribution in [0.25, 0.3) is 0 Å². The van der Waals surface area contributed by atoms with Gasteiger partial charge in [-0.1, -0.05) is 20.8 Å². The van der Waals surface area contributed by atoms with E-state index in [0.29, 0.717) is 6.04 Å². The Kier molecular flexibility index (Phi) is 4.00. The summed E-state index contributed by atoms with van der Waals surface area (Å²) in [6.45, 7) is 8.49. The maximum Gasteiger partial charge on any atom is 0.310 e. The number of carbonyl (C=O) groups is 1. The Balaban J connectivity index is 1.94. The van der Waals surface area contributed by atoms with Gasteiger partial charge in [-0.15, -0.1) is 0 Å². The molecule has 1 N–H and O–H groups in total. The van der Waals surface area contributed by atoms with Gasteiger partial charge in [-0.3, -0.25) is 9.69 Å². The van der Waals surface area contributed by atoms with E-state index < -0.39 is 11.4 Å². The number of carboxylic acid groups (broad SMARTS) is 1. The van der Waals surface area contributed by atoms with E-state index in [1.54, 1.807) is 0 Å². The number of hydrogen-bond acceptors (Lipinski definition) is 2. The summed E-state index contributed by atoms with van der Waals surface area (Å²) in [5.41, 5.74) is -0.471. The lowest BCUT2D eigenvalue weighted by atomic mass is 9.70. The Morgan fingerprint density at radius 2 is 2.11 bits per heavy atom. The van der Waals surface area contributed by atoms with Gasteiger partial charge in [-0.05, 0) is 50.5 Å². The lowest BCUT2D eigenvalue weighted by Crippen LogP contribution is -2.55. The van der Waals surface area contributed by atoms with Crippen LogP contribution in [0.15, 0.2) is 0 Å². The zero-order valence-electron chi connectivity index (χ0n) is 12.0. The summed E-state index contributed by atoms with van der Waals surface area (Å²) in [6.07, 6.45) is 5.21. The van der Waals surface area contributed by atoms with Gasteiger partial charge in [-0.2, -0.15) is 0 Å². The normalized spacial score (nSPS) is 37.6. The smallest absolute Gasteiger partial charge is 0.310 e. The minimum absolute atomic E-state index is 0.471. The molecule has 1 aliphatic carbocycles. The van der Waals surface area contributed by atoms with E-state index in [0.717, 1.165) is 44.2 Å². The molecule has 3 nitrogen and oxygen atoms in total. The second-order valence-electron chi connectivity index (χ2n) is 6.64. The molecule has 0 aromatic rings. The molecule has 0 aromatic carbocycles. The molecule has 1 unspecified atom stereocenters. The summed E-state index contributed by atoms with van der Waals surface area (Å²) < 4.78 is 0. The Hall–Kier alpha value is -0.570. The lowest BCUT2D eigenvalue weighted by Gasteiger charge is -2.49. The minimum Gasteiger partial charge on any atom is -0.481 e. The number of hydrogen-bond donors (Lipinski definition) is 1. The molecule has 1 atom stereocenters. The van der Waals surface area contributed by atoms with Crippen molar-refractivity contribution in [2.24, 2.45) is 17.3 Å². The van der Waals surface area contributed by atoms with Crippen molar-refractivity contribution in [2.75, 3.05) is 13.1 Å². The van der Waals surface area contributed by atoms with Crippen LogP contribution >= 0.6 is 0 Å². The number of rotatable bonds is 4. The van der Waals surface area contributed by atoms with Crippen molar-refractivity contribution in [1.29, 1.82) is 0 Å². The van der Waals surface area contributed by atoms with Gasteiger partial charge in [0.25, 0.3) is 0 Å². The molecule has 0 aromatic heterocycles. The zero-order chi connectivity index (χ0) is 13.3. The van der Waals surface area contributed by atoms with Crippen LogP contribution < -0.4 is 0 Å². The van der Waals surface area contributed by atoms with Crippen LogP contribution in [0.3, 0.4) is 0 Å². The molecule has 2 aliphatic rings. The second-order valence-corrected chi connectivity index (χ2v) is 6.64. The zero-order valence-corrected chi connectivity index (χ0v) is 12.0. The predicted molar refractivity (Wildman–Crippen MR) is 72.5 cm³/mol. The number of likely N-dealkylation sites (tertiary alicyclic amines) is 1. The number of nitrogens with zero attached hydrogens (tertiary/aromatic N) is 1. The first kappa shape index (κ1) is 13.9. The van der Waals surface area contributed by atoms with Crippen LogP contribution in [0.4, 0.5) is 0 Å². The van der Waals surface area contributed by atoms with Crippen LogP contribution in [-0.4, -0.2) is 35.1 Å². The van der Waals surface area contributed by atoms with Gasteiger partial charge in [0.2, 0.25) is 0 Å². The van der Waals surface area contributed by atoms with Crippen LogP contribution in [-0.2, 0) is 4.79 Å². The molecule has 0 spiro atoms. The van der Waals surface area contributed by atoms with Gasteiger partial charge in [0.15, 0.2) is 0 Å². The van der Waals surface area contributed by atoms with E-state index in [1.165, 1.54) is 12.8 Å². The highest BCUT2D eigenvalue weighted by atomic mass is 16.4. The van der Waals surface area contributed by atoms with E-state index in [-0.39, 0.29) is 0 Å². The largest absolute Gasteiger partial charge is 0.481 e. The van der Waals surface area contributed by atoms with E-state index in [1.807, 2.05) is 6.92 Å². The molecule has 1 saturated heterocycles. The number of aliphatic carboxylic acids is 1. The molecular weight excluding hydrogens is 226 g/mol. The molecule has 1 saturated carbocycles. The molecule has 18 heavy (non-hydrogen) atoms. The predicted octanol–water partition coefficient (Wildman–Crippen LogP) is 3.00. The first-order valence-corrected chi connectivity index (χ1v) is 7.46. The van der Waals surface area contributed by atoms with Gasteiger partial charge < -0.3 is 5.11 Å². The molecule has 3 heteroatoms. The van der Waals surface area contributed by atoms with Crippen molar-refractivity contribution < 1.29 is 9.90 Å². The molecule has 0 radical (unpaired) electrons. The van der Waals surface area contributed by atoms with Crippen LogP contribution in [0.5, 0.6) is 0 Å². The molecule has 0 bridgehead atoms. The summed E-state index contributed by atoms with van der Waals surface area (Å²) in [5.74, 6) is 1.05. The van der Waals surface area contributed by atoms with Crippen LogP contribution in [0.2, 0.25) is 0 Å². The Morgan fingerprint density at radius 3 is 2.61 bits per heavy atom. The molecule has 2 rings (SSSR count). The summed E-state index contributed by atoms with van der Waals surface area (Å²) >= 11 is 0.